The second kappa shape index (κ2) is 4.67. The molecule has 1 aliphatic carbocycles. The van der Waals surface area contributed by atoms with E-state index < -0.39 is 11.5 Å². The number of hydrogen-bond donors (Lipinski definition) is 1. The molecule has 2 heteroatoms. The Labute approximate surface area is 96.5 Å². The molecule has 1 aromatic rings. The van der Waals surface area contributed by atoms with Crippen LogP contribution in [-0.2, 0) is 0 Å². The van der Waals surface area contributed by atoms with Crippen molar-refractivity contribution in [2.24, 2.45) is 5.41 Å². The number of rotatable bonds is 2. The SMILES string of the molecule is N#CC1(C(O)c2ccccc2)CCCCC1. The Hall–Kier alpha value is -1.33. The van der Waals surface area contributed by atoms with Crippen LogP contribution in [0.5, 0.6) is 0 Å². The van der Waals surface area contributed by atoms with Crippen LogP contribution in [0.25, 0.3) is 0 Å². The summed E-state index contributed by atoms with van der Waals surface area (Å²) in [5.74, 6) is 0. The average molecular weight is 215 g/mol. The molecule has 1 aliphatic rings. The summed E-state index contributed by atoms with van der Waals surface area (Å²) >= 11 is 0. The fraction of sp³-hybridized carbons (Fsp3) is 0.500. The molecule has 1 atom stereocenters. The number of aliphatic hydroxyl groups is 1. The van der Waals surface area contributed by atoms with Gasteiger partial charge in [-0.2, -0.15) is 5.26 Å². The van der Waals surface area contributed by atoms with Crippen LogP contribution < -0.4 is 0 Å². The molecule has 1 N–H and O–H groups in total. The Morgan fingerprint density at radius 1 is 1.12 bits per heavy atom. The molecule has 0 spiro atoms. The summed E-state index contributed by atoms with van der Waals surface area (Å²) in [5.41, 5.74) is 0.311. The first kappa shape index (κ1) is 11.2. The molecule has 0 bridgehead atoms. The largest absolute Gasteiger partial charge is 0.387 e. The van der Waals surface area contributed by atoms with Crippen molar-refractivity contribution < 1.29 is 5.11 Å². The summed E-state index contributed by atoms with van der Waals surface area (Å²) in [7, 11) is 0. The highest BCUT2D eigenvalue weighted by Gasteiger charge is 2.39. The van der Waals surface area contributed by atoms with Crippen LogP contribution in [0.1, 0.15) is 43.8 Å². The lowest BCUT2D eigenvalue weighted by atomic mass is 9.69. The highest BCUT2D eigenvalue weighted by Crippen LogP contribution is 2.45. The molecule has 0 heterocycles. The molecule has 1 saturated carbocycles. The molecule has 2 nitrogen and oxygen atoms in total. The van der Waals surface area contributed by atoms with Crippen molar-refractivity contribution in [3.63, 3.8) is 0 Å². The van der Waals surface area contributed by atoms with Crippen LogP contribution in [0.4, 0.5) is 0 Å². The van der Waals surface area contributed by atoms with E-state index in [1.54, 1.807) is 0 Å². The van der Waals surface area contributed by atoms with Crippen molar-refractivity contribution in [2.75, 3.05) is 0 Å². The molecule has 16 heavy (non-hydrogen) atoms. The summed E-state index contributed by atoms with van der Waals surface area (Å²) in [4.78, 5) is 0. The van der Waals surface area contributed by atoms with E-state index in [-0.39, 0.29) is 0 Å². The first-order valence-corrected chi connectivity index (χ1v) is 5.93. The van der Waals surface area contributed by atoms with E-state index in [1.165, 1.54) is 6.42 Å². The summed E-state index contributed by atoms with van der Waals surface area (Å²) in [6, 6.07) is 11.9. The lowest BCUT2D eigenvalue weighted by Crippen LogP contribution is -2.29. The van der Waals surface area contributed by atoms with E-state index in [2.05, 4.69) is 6.07 Å². The lowest BCUT2D eigenvalue weighted by molar-refractivity contribution is 0.0360. The van der Waals surface area contributed by atoms with Crippen LogP contribution in [0.3, 0.4) is 0 Å². The molecule has 1 fully saturated rings. The van der Waals surface area contributed by atoms with Crippen LogP contribution in [0.15, 0.2) is 30.3 Å². The Morgan fingerprint density at radius 2 is 1.75 bits per heavy atom. The van der Waals surface area contributed by atoms with Gasteiger partial charge in [0.25, 0.3) is 0 Å². The number of aliphatic hydroxyl groups excluding tert-OH is 1. The van der Waals surface area contributed by atoms with Gasteiger partial charge in [0.15, 0.2) is 0 Å². The minimum atomic E-state index is -0.640. The molecule has 1 unspecified atom stereocenters. The molecule has 1 aromatic carbocycles. The Balaban J connectivity index is 2.25. The molecular weight excluding hydrogens is 198 g/mol. The predicted molar refractivity (Wildman–Crippen MR) is 62.5 cm³/mol. The zero-order valence-electron chi connectivity index (χ0n) is 9.39. The summed E-state index contributed by atoms with van der Waals surface area (Å²) in [6.07, 6.45) is 4.29. The Kier molecular flexibility index (Phi) is 3.26. The molecule has 0 aromatic heterocycles. The van der Waals surface area contributed by atoms with Gasteiger partial charge in [0.05, 0.1) is 17.6 Å². The number of nitriles is 1. The fourth-order valence-corrected chi connectivity index (χ4v) is 2.58. The monoisotopic (exact) mass is 215 g/mol. The normalized spacial score (nSPS) is 21.0. The summed E-state index contributed by atoms with van der Waals surface area (Å²) in [6.45, 7) is 0. The van der Waals surface area contributed by atoms with E-state index in [0.29, 0.717) is 0 Å². The third kappa shape index (κ3) is 1.96. The van der Waals surface area contributed by atoms with E-state index in [0.717, 1.165) is 31.2 Å². The summed E-state index contributed by atoms with van der Waals surface area (Å²) in [5, 5.41) is 19.7. The first-order chi connectivity index (χ1) is 7.78. The molecule has 84 valence electrons. The van der Waals surface area contributed by atoms with Crippen molar-refractivity contribution in [3.05, 3.63) is 35.9 Å². The Morgan fingerprint density at radius 3 is 2.31 bits per heavy atom. The fourth-order valence-electron chi connectivity index (χ4n) is 2.58. The quantitative estimate of drug-likeness (QED) is 0.823. The van der Waals surface area contributed by atoms with Gasteiger partial charge in [-0.1, -0.05) is 49.6 Å². The highest BCUT2D eigenvalue weighted by molar-refractivity contribution is 5.23. The molecule has 0 aliphatic heterocycles. The minimum absolute atomic E-state index is 0.556. The van der Waals surface area contributed by atoms with Gasteiger partial charge in [0.1, 0.15) is 0 Å². The Bertz CT molecular complexity index is 373. The van der Waals surface area contributed by atoms with E-state index in [1.807, 2.05) is 30.3 Å². The van der Waals surface area contributed by atoms with Crippen LogP contribution in [-0.4, -0.2) is 5.11 Å². The third-order valence-corrected chi connectivity index (χ3v) is 3.61. The van der Waals surface area contributed by atoms with Crippen molar-refractivity contribution in [1.82, 2.24) is 0 Å². The lowest BCUT2D eigenvalue weighted by Gasteiger charge is -2.35. The smallest absolute Gasteiger partial charge is 0.0976 e. The maximum absolute atomic E-state index is 10.4. The predicted octanol–water partition coefficient (Wildman–Crippen LogP) is 3.19. The van der Waals surface area contributed by atoms with Gasteiger partial charge < -0.3 is 5.11 Å². The van der Waals surface area contributed by atoms with Crippen LogP contribution in [0, 0.1) is 16.7 Å². The number of nitrogens with zero attached hydrogens (tertiary/aromatic N) is 1. The highest BCUT2D eigenvalue weighted by atomic mass is 16.3. The molecule has 0 saturated heterocycles. The van der Waals surface area contributed by atoms with E-state index >= 15 is 0 Å². The van der Waals surface area contributed by atoms with E-state index in [4.69, 9.17) is 0 Å². The first-order valence-electron chi connectivity index (χ1n) is 5.93. The van der Waals surface area contributed by atoms with Crippen molar-refractivity contribution in [3.8, 4) is 6.07 Å². The van der Waals surface area contributed by atoms with Crippen molar-refractivity contribution >= 4 is 0 Å². The topological polar surface area (TPSA) is 44.0 Å². The maximum atomic E-state index is 10.4. The van der Waals surface area contributed by atoms with Gasteiger partial charge >= 0.3 is 0 Å². The van der Waals surface area contributed by atoms with E-state index in [9.17, 15) is 10.4 Å². The van der Waals surface area contributed by atoms with Crippen LogP contribution >= 0.6 is 0 Å². The molecule has 0 amide bonds. The number of benzene rings is 1. The van der Waals surface area contributed by atoms with Gasteiger partial charge in [-0.05, 0) is 18.4 Å². The summed E-state index contributed by atoms with van der Waals surface area (Å²) < 4.78 is 0. The number of hydrogen-bond acceptors (Lipinski definition) is 2. The second-order valence-corrected chi connectivity index (χ2v) is 4.64. The minimum Gasteiger partial charge on any atom is -0.387 e. The van der Waals surface area contributed by atoms with Crippen molar-refractivity contribution in [1.29, 1.82) is 5.26 Å². The van der Waals surface area contributed by atoms with Crippen LogP contribution in [0.2, 0.25) is 0 Å². The standard InChI is InChI=1S/C14H17NO/c15-11-14(9-5-2-6-10-14)13(16)12-7-3-1-4-8-12/h1,3-4,7-8,13,16H,2,5-6,9-10H2. The van der Waals surface area contributed by atoms with Gasteiger partial charge in [0.2, 0.25) is 0 Å². The van der Waals surface area contributed by atoms with Gasteiger partial charge in [-0.15, -0.1) is 0 Å². The zero-order chi connectivity index (χ0) is 11.4. The molecule has 0 radical (unpaired) electrons. The second-order valence-electron chi connectivity index (χ2n) is 4.64. The van der Waals surface area contributed by atoms with Gasteiger partial charge in [-0.25, -0.2) is 0 Å². The zero-order valence-corrected chi connectivity index (χ0v) is 9.39. The van der Waals surface area contributed by atoms with Crippen molar-refractivity contribution in [2.45, 2.75) is 38.2 Å². The third-order valence-electron chi connectivity index (χ3n) is 3.61. The molecule has 2 rings (SSSR count). The maximum Gasteiger partial charge on any atom is 0.0976 e. The van der Waals surface area contributed by atoms with Gasteiger partial charge in [0, 0.05) is 0 Å². The van der Waals surface area contributed by atoms with Gasteiger partial charge in [-0.3, -0.25) is 0 Å². The average Bonchev–Trinajstić information content (AvgIpc) is 2.39. The molecular formula is C14H17NO.